The van der Waals surface area contributed by atoms with E-state index in [1.807, 2.05) is 24.3 Å². The minimum absolute atomic E-state index is 0.265. The Hall–Kier alpha value is -4.00. The van der Waals surface area contributed by atoms with Crippen molar-refractivity contribution in [2.24, 2.45) is 0 Å². The van der Waals surface area contributed by atoms with Crippen LogP contribution in [0.2, 0.25) is 0 Å². The van der Waals surface area contributed by atoms with E-state index in [2.05, 4.69) is 20.4 Å². The first-order chi connectivity index (χ1) is 13.7. The Labute approximate surface area is 161 Å². The summed E-state index contributed by atoms with van der Waals surface area (Å²) < 4.78 is 10.6. The van der Waals surface area contributed by atoms with E-state index in [1.165, 1.54) is 0 Å². The summed E-state index contributed by atoms with van der Waals surface area (Å²) in [5.41, 5.74) is 2.42. The molecule has 0 radical (unpaired) electrons. The van der Waals surface area contributed by atoms with Crippen LogP contribution in [0.15, 0.2) is 77.6 Å². The Morgan fingerprint density at radius 1 is 1.07 bits per heavy atom. The number of amides is 1. The second-order valence-electron chi connectivity index (χ2n) is 5.90. The molecule has 7 heteroatoms. The second-order valence-corrected chi connectivity index (χ2v) is 5.90. The first kappa shape index (κ1) is 17.4. The molecule has 0 atom stereocenters. The summed E-state index contributed by atoms with van der Waals surface area (Å²) in [6, 6.07) is 17.8. The van der Waals surface area contributed by atoms with Gasteiger partial charge in [0.25, 0.3) is 11.8 Å². The van der Waals surface area contributed by atoms with Crippen LogP contribution in [0.4, 0.5) is 5.69 Å². The molecular formula is C21H16N4O3. The van der Waals surface area contributed by atoms with Crippen LogP contribution in [0, 0.1) is 0 Å². The fraction of sp³-hybridized carbons (Fsp3) is 0.0476. The number of hydrogen-bond acceptors (Lipinski definition) is 6. The lowest BCUT2D eigenvalue weighted by molar-refractivity contribution is 0.102. The number of nitrogens with one attached hydrogen (secondary N) is 1. The number of pyridine rings is 1. The number of methoxy groups -OCH3 is 1. The van der Waals surface area contributed by atoms with Crippen LogP contribution in [0.3, 0.4) is 0 Å². The van der Waals surface area contributed by atoms with Gasteiger partial charge in [-0.15, -0.1) is 0 Å². The summed E-state index contributed by atoms with van der Waals surface area (Å²) in [6.45, 7) is 0. The van der Waals surface area contributed by atoms with Gasteiger partial charge in [-0.05, 0) is 42.5 Å². The monoisotopic (exact) mass is 372 g/mol. The Bertz CT molecular complexity index is 1110. The lowest BCUT2D eigenvalue weighted by Gasteiger charge is -2.09. The van der Waals surface area contributed by atoms with Gasteiger partial charge < -0.3 is 14.6 Å². The molecule has 28 heavy (non-hydrogen) atoms. The third-order valence-electron chi connectivity index (χ3n) is 4.08. The average molecular weight is 372 g/mol. The molecule has 4 rings (SSSR count). The quantitative estimate of drug-likeness (QED) is 0.568. The van der Waals surface area contributed by atoms with Crippen molar-refractivity contribution in [2.75, 3.05) is 12.4 Å². The molecule has 0 unspecified atom stereocenters. The van der Waals surface area contributed by atoms with Gasteiger partial charge in [0.05, 0.1) is 18.4 Å². The molecule has 0 saturated heterocycles. The molecule has 0 aliphatic carbocycles. The number of nitrogens with zero attached hydrogens (tertiary/aromatic N) is 3. The average Bonchev–Trinajstić information content (AvgIpc) is 3.25. The standard InChI is InChI=1S/C21H16N4O3/c1-27-16-8-4-6-14(12-16)20(26)23-18-10-3-2-9-17(18)21-24-19(25-28-21)15-7-5-11-22-13-15/h2-13H,1H3,(H,23,26). The summed E-state index contributed by atoms with van der Waals surface area (Å²) in [5, 5.41) is 6.90. The fourth-order valence-electron chi connectivity index (χ4n) is 2.68. The van der Waals surface area contributed by atoms with E-state index < -0.39 is 0 Å². The van der Waals surface area contributed by atoms with Gasteiger partial charge in [-0.2, -0.15) is 4.98 Å². The highest BCUT2D eigenvalue weighted by Gasteiger charge is 2.16. The molecule has 0 aliphatic heterocycles. The first-order valence-corrected chi connectivity index (χ1v) is 8.53. The molecular weight excluding hydrogens is 356 g/mol. The number of carbonyl (C=O) groups excluding carboxylic acids is 1. The van der Waals surface area contributed by atoms with Gasteiger partial charge in [0.1, 0.15) is 5.75 Å². The molecule has 4 aromatic rings. The van der Waals surface area contributed by atoms with Crippen LogP contribution in [0.5, 0.6) is 5.75 Å². The minimum atomic E-state index is -0.265. The number of anilines is 1. The van der Waals surface area contributed by atoms with Gasteiger partial charge in [-0.3, -0.25) is 9.78 Å². The maximum absolute atomic E-state index is 12.7. The van der Waals surface area contributed by atoms with Crippen LogP contribution in [0.25, 0.3) is 22.8 Å². The van der Waals surface area contributed by atoms with Crippen molar-refractivity contribution >= 4 is 11.6 Å². The molecule has 7 nitrogen and oxygen atoms in total. The van der Waals surface area contributed by atoms with Crippen LogP contribution < -0.4 is 10.1 Å². The molecule has 1 N–H and O–H groups in total. The highest BCUT2D eigenvalue weighted by atomic mass is 16.5. The predicted molar refractivity (Wildman–Crippen MR) is 104 cm³/mol. The van der Waals surface area contributed by atoms with Crippen molar-refractivity contribution in [1.29, 1.82) is 0 Å². The van der Waals surface area contributed by atoms with Gasteiger partial charge in [-0.25, -0.2) is 0 Å². The zero-order valence-corrected chi connectivity index (χ0v) is 15.0. The van der Waals surface area contributed by atoms with Crippen molar-refractivity contribution in [3.63, 3.8) is 0 Å². The maximum atomic E-state index is 12.7. The van der Waals surface area contributed by atoms with Crippen molar-refractivity contribution in [3.05, 3.63) is 78.6 Å². The van der Waals surface area contributed by atoms with Crippen LogP contribution in [0.1, 0.15) is 10.4 Å². The van der Waals surface area contributed by atoms with E-state index in [4.69, 9.17) is 9.26 Å². The van der Waals surface area contributed by atoms with Crippen LogP contribution in [-0.2, 0) is 0 Å². The van der Waals surface area contributed by atoms with Gasteiger partial charge in [0.2, 0.25) is 5.82 Å². The molecule has 2 aromatic carbocycles. The predicted octanol–water partition coefficient (Wildman–Crippen LogP) is 4.06. The molecule has 138 valence electrons. The summed E-state index contributed by atoms with van der Waals surface area (Å²) in [5.74, 6) is 1.08. The summed E-state index contributed by atoms with van der Waals surface area (Å²) in [4.78, 5) is 21.1. The number of carbonyl (C=O) groups is 1. The van der Waals surface area contributed by atoms with Crippen LogP contribution >= 0.6 is 0 Å². The number of para-hydroxylation sites is 1. The van der Waals surface area contributed by atoms with Crippen molar-refractivity contribution in [3.8, 4) is 28.6 Å². The van der Waals surface area contributed by atoms with Gasteiger partial charge in [0, 0.05) is 23.5 Å². The Balaban J connectivity index is 1.62. The number of hydrogen-bond donors (Lipinski definition) is 1. The fourth-order valence-corrected chi connectivity index (χ4v) is 2.68. The zero-order chi connectivity index (χ0) is 19.3. The van der Waals surface area contributed by atoms with Gasteiger partial charge in [0.15, 0.2) is 0 Å². The van der Waals surface area contributed by atoms with Crippen LogP contribution in [-0.4, -0.2) is 28.1 Å². The van der Waals surface area contributed by atoms with Crippen molar-refractivity contribution in [1.82, 2.24) is 15.1 Å². The third-order valence-corrected chi connectivity index (χ3v) is 4.08. The second kappa shape index (κ2) is 7.71. The number of aromatic nitrogens is 3. The maximum Gasteiger partial charge on any atom is 0.260 e. The Kier molecular flexibility index (Phi) is 4.79. The van der Waals surface area contributed by atoms with E-state index >= 15 is 0 Å². The number of rotatable bonds is 5. The lowest BCUT2D eigenvalue weighted by atomic mass is 10.1. The number of benzene rings is 2. The normalized spacial score (nSPS) is 10.5. The molecule has 0 saturated carbocycles. The molecule has 1 amide bonds. The van der Waals surface area contributed by atoms with Gasteiger partial charge >= 0.3 is 0 Å². The van der Waals surface area contributed by atoms with E-state index in [9.17, 15) is 4.79 Å². The molecule has 2 aromatic heterocycles. The van der Waals surface area contributed by atoms with Crippen molar-refractivity contribution in [2.45, 2.75) is 0 Å². The molecule has 0 bridgehead atoms. The van der Waals surface area contributed by atoms with E-state index in [-0.39, 0.29) is 5.91 Å². The van der Waals surface area contributed by atoms with Gasteiger partial charge in [-0.1, -0.05) is 23.4 Å². The Morgan fingerprint density at radius 3 is 2.79 bits per heavy atom. The topological polar surface area (TPSA) is 90.1 Å². The first-order valence-electron chi connectivity index (χ1n) is 8.53. The van der Waals surface area contributed by atoms with Crippen molar-refractivity contribution < 1.29 is 14.1 Å². The summed E-state index contributed by atoms with van der Waals surface area (Å²) in [7, 11) is 1.56. The minimum Gasteiger partial charge on any atom is -0.497 e. The Morgan fingerprint density at radius 2 is 1.96 bits per heavy atom. The SMILES string of the molecule is COc1cccc(C(=O)Nc2ccccc2-c2nc(-c3cccnc3)no2)c1. The zero-order valence-electron chi connectivity index (χ0n) is 15.0. The summed E-state index contributed by atoms with van der Waals surface area (Å²) >= 11 is 0. The smallest absolute Gasteiger partial charge is 0.260 e. The lowest BCUT2D eigenvalue weighted by Crippen LogP contribution is -2.12. The van der Waals surface area contributed by atoms with E-state index in [0.717, 1.165) is 5.56 Å². The largest absolute Gasteiger partial charge is 0.497 e. The molecule has 0 aliphatic rings. The highest BCUT2D eigenvalue weighted by Crippen LogP contribution is 2.28. The summed E-state index contributed by atoms with van der Waals surface area (Å²) in [6.07, 6.45) is 3.33. The third kappa shape index (κ3) is 3.59. The highest BCUT2D eigenvalue weighted by molar-refractivity contribution is 6.06. The number of ether oxygens (including phenoxy) is 1. The molecule has 0 fully saturated rings. The molecule has 2 heterocycles. The molecule has 0 spiro atoms. The van der Waals surface area contributed by atoms with E-state index in [0.29, 0.717) is 34.3 Å². The van der Waals surface area contributed by atoms with E-state index in [1.54, 1.807) is 55.9 Å².